The fraction of sp³-hybridized carbons (Fsp3) is 0.435. The van der Waals surface area contributed by atoms with Crippen LogP contribution in [0.15, 0.2) is 42.5 Å². The number of methoxy groups -OCH3 is 2. The first-order chi connectivity index (χ1) is 14.5. The fourth-order valence-electron chi connectivity index (χ4n) is 3.86. The second-order valence-electron chi connectivity index (χ2n) is 7.52. The summed E-state index contributed by atoms with van der Waals surface area (Å²) in [5, 5.41) is 9.53. The highest BCUT2D eigenvalue weighted by Gasteiger charge is 2.27. The lowest BCUT2D eigenvalue weighted by Crippen LogP contribution is -2.52. The van der Waals surface area contributed by atoms with Crippen LogP contribution >= 0.6 is 0 Å². The highest BCUT2D eigenvalue weighted by molar-refractivity contribution is 5.89. The van der Waals surface area contributed by atoms with E-state index >= 15 is 0 Å². The fourth-order valence-corrected chi connectivity index (χ4v) is 3.86. The van der Waals surface area contributed by atoms with E-state index in [1.807, 2.05) is 12.1 Å². The molecule has 0 bridgehead atoms. The summed E-state index contributed by atoms with van der Waals surface area (Å²) in [5.41, 5.74) is 2.27. The van der Waals surface area contributed by atoms with Crippen molar-refractivity contribution in [2.75, 3.05) is 40.5 Å². The average Bonchev–Trinajstić information content (AvgIpc) is 2.77. The van der Waals surface area contributed by atoms with Gasteiger partial charge in [0, 0.05) is 57.0 Å². The van der Waals surface area contributed by atoms with Gasteiger partial charge in [0.2, 0.25) is 0 Å². The van der Waals surface area contributed by atoms with Crippen LogP contribution in [0.3, 0.4) is 0 Å². The molecule has 1 aliphatic heterocycles. The van der Waals surface area contributed by atoms with Gasteiger partial charge in [-0.25, -0.2) is 9.18 Å². The number of benzene rings is 2. The van der Waals surface area contributed by atoms with E-state index in [9.17, 15) is 14.3 Å². The highest BCUT2D eigenvalue weighted by Crippen LogP contribution is 2.22. The van der Waals surface area contributed by atoms with Gasteiger partial charge in [-0.3, -0.25) is 9.80 Å². The predicted octanol–water partition coefficient (Wildman–Crippen LogP) is 2.69. The molecule has 1 unspecified atom stereocenters. The lowest BCUT2D eigenvalue weighted by Gasteiger charge is -2.41. The third-order valence-electron chi connectivity index (χ3n) is 5.57. The molecule has 1 N–H and O–H groups in total. The van der Waals surface area contributed by atoms with Crippen molar-refractivity contribution in [3.8, 4) is 5.75 Å². The van der Waals surface area contributed by atoms with Gasteiger partial charge in [0.05, 0.1) is 19.8 Å². The summed E-state index contributed by atoms with van der Waals surface area (Å²) < 4.78 is 24.2. The van der Waals surface area contributed by atoms with Gasteiger partial charge in [0.15, 0.2) is 0 Å². The molecule has 0 spiro atoms. The summed E-state index contributed by atoms with van der Waals surface area (Å²) in [6.45, 7) is 3.77. The molecule has 3 rings (SSSR count). The number of esters is 1. The van der Waals surface area contributed by atoms with Gasteiger partial charge in [0.1, 0.15) is 11.6 Å². The lowest BCUT2D eigenvalue weighted by molar-refractivity contribution is 0.0493. The van der Waals surface area contributed by atoms with Crippen molar-refractivity contribution >= 4 is 5.97 Å². The van der Waals surface area contributed by atoms with Crippen LogP contribution in [0.5, 0.6) is 5.75 Å². The number of halogens is 1. The number of hydrogen-bond donors (Lipinski definition) is 1. The van der Waals surface area contributed by atoms with Gasteiger partial charge < -0.3 is 14.6 Å². The Morgan fingerprint density at radius 1 is 1.13 bits per heavy atom. The number of ether oxygens (including phenoxy) is 2. The number of aliphatic hydroxyl groups is 1. The molecular weight excluding hydrogens is 387 g/mol. The molecule has 2 aromatic rings. The Labute approximate surface area is 176 Å². The minimum Gasteiger partial charge on any atom is -0.497 e. The molecule has 1 heterocycles. The molecule has 30 heavy (non-hydrogen) atoms. The molecule has 1 saturated heterocycles. The third kappa shape index (κ3) is 5.56. The monoisotopic (exact) mass is 416 g/mol. The number of piperazine rings is 1. The first kappa shape index (κ1) is 22.2. The van der Waals surface area contributed by atoms with Crippen molar-refractivity contribution < 1.29 is 23.8 Å². The van der Waals surface area contributed by atoms with Crippen LogP contribution in [0.25, 0.3) is 0 Å². The van der Waals surface area contributed by atoms with Crippen molar-refractivity contribution in [3.05, 3.63) is 65.0 Å². The van der Waals surface area contributed by atoms with Crippen molar-refractivity contribution in [2.45, 2.75) is 25.6 Å². The van der Waals surface area contributed by atoms with E-state index in [2.05, 4.69) is 9.80 Å². The zero-order valence-electron chi connectivity index (χ0n) is 17.5. The summed E-state index contributed by atoms with van der Waals surface area (Å²) in [5.74, 6) is -0.111. The predicted molar refractivity (Wildman–Crippen MR) is 112 cm³/mol. The normalized spacial score (nSPS) is 17.7. The van der Waals surface area contributed by atoms with Crippen molar-refractivity contribution in [3.63, 3.8) is 0 Å². The molecule has 162 valence electrons. The Kier molecular flexibility index (Phi) is 7.79. The van der Waals surface area contributed by atoms with E-state index in [0.717, 1.165) is 31.7 Å². The number of hydrogen-bond acceptors (Lipinski definition) is 6. The summed E-state index contributed by atoms with van der Waals surface area (Å²) >= 11 is 0. The summed E-state index contributed by atoms with van der Waals surface area (Å²) in [6.07, 6.45) is 0.634. The molecule has 0 amide bonds. The van der Waals surface area contributed by atoms with Crippen LogP contribution in [0.4, 0.5) is 4.39 Å². The van der Waals surface area contributed by atoms with E-state index in [1.165, 1.54) is 20.3 Å². The molecule has 6 nitrogen and oxygen atoms in total. The standard InChI is InChI=1S/C23H29FN2O4/c1-29-21-8-7-19(22(24)13-21)15-26-11-10-25(16-20(26)9-12-27)14-17-3-5-18(6-4-17)23(28)30-2/h3-8,13,20,27H,9-12,14-16H2,1-2H3. The van der Waals surface area contributed by atoms with Gasteiger partial charge in [-0.1, -0.05) is 18.2 Å². The Bertz CT molecular complexity index is 844. The number of nitrogens with zero attached hydrogens (tertiary/aromatic N) is 2. The van der Waals surface area contributed by atoms with Crippen molar-refractivity contribution in [1.29, 1.82) is 0 Å². The Morgan fingerprint density at radius 3 is 2.53 bits per heavy atom. The summed E-state index contributed by atoms with van der Waals surface area (Å²) in [4.78, 5) is 16.1. The van der Waals surface area contributed by atoms with Gasteiger partial charge in [0.25, 0.3) is 0 Å². The third-order valence-corrected chi connectivity index (χ3v) is 5.57. The van der Waals surface area contributed by atoms with Crippen molar-refractivity contribution in [1.82, 2.24) is 9.80 Å². The zero-order chi connectivity index (χ0) is 21.5. The van der Waals surface area contributed by atoms with E-state index in [0.29, 0.717) is 29.8 Å². The van der Waals surface area contributed by atoms with Gasteiger partial charge in [-0.15, -0.1) is 0 Å². The van der Waals surface area contributed by atoms with E-state index in [4.69, 9.17) is 9.47 Å². The highest BCUT2D eigenvalue weighted by atomic mass is 19.1. The molecule has 0 saturated carbocycles. The van der Waals surface area contributed by atoms with Crippen LogP contribution in [0.2, 0.25) is 0 Å². The molecule has 2 aromatic carbocycles. The van der Waals surface area contributed by atoms with Crippen LogP contribution in [0.1, 0.15) is 27.9 Å². The second-order valence-corrected chi connectivity index (χ2v) is 7.52. The number of rotatable bonds is 8. The number of carbonyl (C=O) groups is 1. The molecule has 0 aliphatic carbocycles. The molecule has 1 fully saturated rings. The second kappa shape index (κ2) is 10.5. The van der Waals surface area contributed by atoms with E-state index < -0.39 is 0 Å². The minimum atomic E-state index is -0.344. The number of aliphatic hydroxyl groups excluding tert-OH is 1. The minimum absolute atomic E-state index is 0.0912. The summed E-state index contributed by atoms with van der Waals surface area (Å²) in [7, 11) is 2.89. The number of carbonyl (C=O) groups excluding carboxylic acids is 1. The van der Waals surface area contributed by atoms with Gasteiger partial charge in [-0.2, -0.15) is 0 Å². The maximum atomic E-state index is 14.4. The Balaban J connectivity index is 1.62. The molecule has 7 heteroatoms. The smallest absolute Gasteiger partial charge is 0.337 e. The maximum absolute atomic E-state index is 14.4. The Morgan fingerprint density at radius 2 is 1.90 bits per heavy atom. The SMILES string of the molecule is COC(=O)c1ccc(CN2CCN(Cc3ccc(OC)cc3F)C(CCO)C2)cc1. The lowest BCUT2D eigenvalue weighted by atomic mass is 10.1. The first-order valence-electron chi connectivity index (χ1n) is 10.1. The molecular formula is C23H29FN2O4. The van der Waals surface area contributed by atoms with Crippen molar-refractivity contribution in [2.24, 2.45) is 0 Å². The first-order valence-corrected chi connectivity index (χ1v) is 10.1. The largest absolute Gasteiger partial charge is 0.497 e. The Hall–Kier alpha value is -2.48. The quantitative estimate of drug-likeness (QED) is 0.668. The summed E-state index contributed by atoms with van der Waals surface area (Å²) in [6, 6.07) is 12.5. The van der Waals surface area contributed by atoms with Crippen LogP contribution < -0.4 is 4.74 Å². The van der Waals surface area contributed by atoms with Gasteiger partial charge in [-0.05, 0) is 30.2 Å². The molecule has 1 atom stereocenters. The molecule has 0 radical (unpaired) electrons. The zero-order valence-corrected chi connectivity index (χ0v) is 17.5. The molecule has 1 aliphatic rings. The van der Waals surface area contributed by atoms with Crippen LogP contribution in [-0.2, 0) is 17.8 Å². The van der Waals surface area contributed by atoms with E-state index in [1.54, 1.807) is 24.3 Å². The van der Waals surface area contributed by atoms with Crippen LogP contribution in [0, 0.1) is 5.82 Å². The van der Waals surface area contributed by atoms with E-state index in [-0.39, 0.29) is 24.4 Å². The maximum Gasteiger partial charge on any atom is 0.337 e. The topological polar surface area (TPSA) is 62.2 Å². The molecule has 0 aromatic heterocycles. The van der Waals surface area contributed by atoms with Gasteiger partial charge >= 0.3 is 5.97 Å². The average molecular weight is 416 g/mol. The van der Waals surface area contributed by atoms with Crippen LogP contribution in [-0.4, -0.2) is 67.4 Å².